The van der Waals surface area contributed by atoms with E-state index in [0.29, 0.717) is 25.1 Å². The van der Waals surface area contributed by atoms with Crippen molar-refractivity contribution >= 4 is 38.9 Å². The third kappa shape index (κ3) is 3.13. The van der Waals surface area contributed by atoms with Crippen LogP contribution in [0.5, 0.6) is 0 Å². The molecule has 0 spiro atoms. The molecule has 0 aliphatic carbocycles. The molecular weight excluding hydrogens is 378 g/mol. The number of benzene rings is 2. The molecular formula is C20H21N3O4S. The quantitative estimate of drug-likeness (QED) is 0.858. The minimum atomic E-state index is -3.79. The Morgan fingerprint density at radius 3 is 2.54 bits per heavy atom. The summed E-state index contributed by atoms with van der Waals surface area (Å²) in [5.74, 6) is -0.0403. The van der Waals surface area contributed by atoms with E-state index in [2.05, 4.69) is 4.72 Å². The van der Waals surface area contributed by atoms with Gasteiger partial charge in [0.1, 0.15) is 0 Å². The molecule has 28 heavy (non-hydrogen) atoms. The number of carbonyl (C=O) groups excluding carboxylic acids is 2. The van der Waals surface area contributed by atoms with Crippen LogP contribution < -0.4 is 14.5 Å². The van der Waals surface area contributed by atoms with Crippen LogP contribution in [0.1, 0.15) is 24.5 Å². The number of aryl methyl sites for hydroxylation is 1. The first-order chi connectivity index (χ1) is 13.3. The summed E-state index contributed by atoms with van der Waals surface area (Å²) in [5.41, 5.74) is 3.77. The summed E-state index contributed by atoms with van der Waals surface area (Å²) in [5, 5.41) is 0. The highest BCUT2D eigenvalue weighted by molar-refractivity contribution is 7.92. The number of nitrogens with zero attached hydrogens (tertiary/aromatic N) is 2. The van der Waals surface area contributed by atoms with Crippen molar-refractivity contribution < 1.29 is 18.0 Å². The van der Waals surface area contributed by atoms with Gasteiger partial charge in [-0.3, -0.25) is 14.3 Å². The van der Waals surface area contributed by atoms with Gasteiger partial charge in [0, 0.05) is 38.3 Å². The molecule has 146 valence electrons. The van der Waals surface area contributed by atoms with Crippen molar-refractivity contribution in [3.63, 3.8) is 0 Å². The number of amides is 2. The van der Waals surface area contributed by atoms with E-state index in [9.17, 15) is 18.0 Å². The molecule has 0 aromatic heterocycles. The minimum absolute atomic E-state index is 0.0226. The van der Waals surface area contributed by atoms with E-state index in [1.807, 2.05) is 6.07 Å². The lowest BCUT2D eigenvalue weighted by molar-refractivity contribution is -0.118. The third-order valence-corrected chi connectivity index (χ3v) is 6.70. The Labute approximate surface area is 164 Å². The molecule has 0 radical (unpaired) electrons. The first kappa shape index (κ1) is 18.5. The zero-order valence-electron chi connectivity index (χ0n) is 15.7. The minimum Gasteiger partial charge on any atom is -0.315 e. The number of anilines is 3. The van der Waals surface area contributed by atoms with E-state index in [4.69, 9.17) is 0 Å². The molecule has 7 nitrogen and oxygen atoms in total. The molecule has 2 heterocycles. The van der Waals surface area contributed by atoms with Crippen molar-refractivity contribution in [2.45, 2.75) is 31.1 Å². The smallest absolute Gasteiger partial charge is 0.261 e. The maximum absolute atomic E-state index is 12.9. The predicted molar refractivity (Wildman–Crippen MR) is 107 cm³/mol. The highest BCUT2D eigenvalue weighted by Crippen LogP contribution is 2.33. The maximum atomic E-state index is 12.9. The highest BCUT2D eigenvalue weighted by Gasteiger charge is 2.25. The zero-order chi connectivity index (χ0) is 20.1. The molecule has 0 saturated heterocycles. The average Bonchev–Trinajstić information content (AvgIpc) is 3.07. The molecule has 0 unspecified atom stereocenters. The van der Waals surface area contributed by atoms with Gasteiger partial charge in [-0.05, 0) is 54.3 Å². The van der Waals surface area contributed by atoms with Crippen LogP contribution >= 0.6 is 0 Å². The largest absolute Gasteiger partial charge is 0.315 e. The molecule has 0 fully saturated rings. The van der Waals surface area contributed by atoms with Gasteiger partial charge in [0.15, 0.2) is 0 Å². The summed E-state index contributed by atoms with van der Waals surface area (Å²) >= 11 is 0. The van der Waals surface area contributed by atoms with Gasteiger partial charge in [0.25, 0.3) is 10.0 Å². The van der Waals surface area contributed by atoms with Gasteiger partial charge in [0.05, 0.1) is 10.6 Å². The number of sulfonamides is 1. The molecule has 4 rings (SSSR count). The van der Waals surface area contributed by atoms with E-state index >= 15 is 0 Å². The van der Waals surface area contributed by atoms with Crippen molar-refractivity contribution in [3.05, 3.63) is 47.5 Å². The Balaban J connectivity index is 1.63. The molecule has 0 atom stereocenters. The number of carbonyl (C=O) groups is 2. The van der Waals surface area contributed by atoms with Crippen LogP contribution in [-0.2, 0) is 32.5 Å². The van der Waals surface area contributed by atoms with E-state index < -0.39 is 10.0 Å². The van der Waals surface area contributed by atoms with Crippen molar-refractivity contribution in [2.75, 3.05) is 28.1 Å². The second kappa shape index (κ2) is 6.63. The number of nitrogens with one attached hydrogen (secondary N) is 1. The fraction of sp³-hybridized carbons (Fsp3) is 0.300. The van der Waals surface area contributed by atoms with Crippen molar-refractivity contribution in [1.82, 2.24) is 0 Å². The van der Waals surface area contributed by atoms with E-state index in [1.54, 1.807) is 41.1 Å². The Hall–Kier alpha value is -2.87. The molecule has 0 bridgehead atoms. The van der Waals surface area contributed by atoms with Crippen molar-refractivity contribution in [3.8, 4) is 0 Å². The third-order valence-electron chi connectivity index (χ3n) is 5.32. The summed E-state index contributed by atoms with van der Waals surface area (Å²) in [6, 6.07) is 10.1. The Kier molecular flexibility index (Phi) is 4.38. The van der Waals surface area contributed by atoms with Gasteiger partial charge in [0.2, 0.25) is 11.8 Å². The molecule has 2 aromatic carbocycles. The van der Waals surface area contributed by atoms with E-state index in [0.717, 1.165) is 28.9 Å². The highest BCUT2D eigenvalue weighted by atomic mass is 32.2. The van der Waals surface area contributed by atoms with Gasteiger partial charge in [-0.25, -0.2) is 8.42 Å². The van der Waals surface area contributed by atoms with Crippen LogP contribution in [0.2, 0.25) is 0 Å². The topological polar surface area (TPSA) is 86.8 Å². The standard InChI is InChI=1S/C20H21N3O4S/c1-13(24)23-10-9-14-3-5-16(12-19(14)23)21-28(26,27)17-6-7-18-15(11-17)4-8-20(25)22(18)2/h3,5-7,11-12,21H,4,8-10H2,1-2H3. The molecule has 2 aliphatic rings. The fourth-order valence-electron chi connectivity index (χ4n) is 3.78. The number of rotatable bonds is 3. The lowest BCUT2D eigenvalue weighted by Gasteiger charge is -2.26. The van der Waals surface area contributed by atoms with Gasteiger partial charge < -0.3 is 9.80 Å². The van der Waals surface area contributed by atoms with Crippen LogP contribution in [0.15, 0.2) is 41.3 Å². The van der Waals surface area contributed by atoms with E-state index in [1.165, 1.54) is 13.0 Å². The first-order valence-electron chi connectivity index (χ1n) is 9.09. The molecule has 0 saturated carbocycles. The zero-order valence-corrected chi connectivity index (χ0v) is 16.5. The van der Waals surface area contributed by atoms with Crippen LogP contribution in [0.25, 0.3) is 0 Å². The number of fused-ring (bicyclic) bond motifs is 2. The fourth-order valence-corrected chi connectivity index (χ4v) is 4.88. The van der Waals surface area contributed by atoms with Gasteiger partial charge in [-0.2, -0.15) is 0 Å². The van der Waals surface area contributed by atoms with E-state index in [-0.39, 0.29) is 16.7 Å². The van der Waals surface area contributed by atoms with Gasteiger partial charge in [-0.1, -0.05) is 6.07 Å². The normalized spacial score (nSPS) is 16.0. The lowest BCUT2D eigenvalue weighted by atomic mass is 10.0. The van der Waals surface area contributed by atoms with Gasteiger partial charge >= 0.3 is 0 Å². The molecule has 8 heteroatoms. The first-order valence-corrected chi connectivity index (χ1v) is 10.6. The second-order valence-electron chi connectivity index (χ2n) is 7.11. The predicted octanol–water partition coefficient (Wildman–Crippen LogP) is 2.31. The Morgan fingerprint density at radius 1 is 1.00 bits per heavy atom. The summed E-state index contributed by atoms with van der Waals surface area (Å²) in [6.07, 6.45) is 1.65. The second-order valence-corrected chi connectivity index (χ2v) is 8.80. The summed E-state index contributed by atoms with van der Waals surface area (Å²) in [7, 11) is -2.10. The summed E-state index contributed by atoms with van der Waals surface area (Å²) in [4.78, 5) is 26.9. The van der Waals surface area contributed by atoms with Crippen molar-refractivity contribution in [2.24, 2.45) is 0 Å². The SMILES string of the molecule is CC(=O)N1CCc2ccc(NS(=O)(=O)c3ccc4c(c3)CCC(=O)N4C)cc21. The maximum Gasteiger partial charge on any atom is 0.261 e. The van der Waals surface area contributed by atoms with Crippen LogP contribution in [0.3, 0.4) is 0 Å². The molecule has 2 aliphatic heterocycles. The molecule has 2 aromatic rings. The number of hydrogen-bond acceptors (Lipinski definition) is 4. The monoisotopic (exact) mass is 399 g/mol. The van der Waals surface area contributed by atoms with Crippen LogP contribution in [0.4, 0.5) is 17.1 Å². The number of hydrogen-bond donors (Lipinski definition) is 1. The summed E-state index contributed by atoms with van der Waals surface area (Å²) in [6.45, 7) is 2.11. The van der Waals surface area contributed by atoms with Crippen molar-refractivity contribution in [1.29, 1.82) is 0 Å². The molecule has 1 N–H and O–H groups in total. The molecule has 2 amide bonds. The average molecular weight is 399 g/mol. The Morgan fingerprint density at radius 2 is 1.79 bits per heavy atom. The van der Waals surface area contributed by atoms with Crippen LogP contribution in [0, 0.1) is 0 Å². The Bertz CT molecular complexity index is 1090. The van der Waals surface area contributed by atoms with Crippen LogP contribution in [-0.4, -0.2) is 33.8 Å². The van der Waals surface area contributed by atoms with Gasteiger partial charge in [-0.15, -0.1) is 0 Å². The lowest BCUT2D eigenvalue weighted by Crippen LogP contribution is -2.31. The summed E-state index contributed by atoms with van der Waals surface area (Å²) < 4.78 is 28.4.